The van der Waals surface area contributed by atoms with Crippen LogP contribution in [0, 0.1) is 10.8 Å². The van der Waals surface area contributed by atoms with Crippen LogP contribution in [-0.2, 0) is 16.2 Å². The highest BCUT2D eigenvalue weighted by Gasteiger charge is 2.46. The summed E-state index contributed by atoms with van der Waals surface area (Å²) in [5.74, 6) is 0.520. The van der Waals surface area contributed by atoms with Crippen molar-refractivity contribution in [1.29, 1.82) is 0 Å². The van der Waals surface area contributed by atoms with Crippen molar-refractivity contribution in [2.45, 2.75) is 65.9 Å². The van der Waals surface area contributed by atoms with Crippen LogP contribution in [-0.4, -0.2) is 11.6 Å². The molecule has 194 valence electrons. The Morgan fingerprint density at radius 3 is 2.00 bits per heavy atom. The summed E-state index contributed by atoms with van der Waals surface area (Å²) in [4.78, 5) is 27.0. The van der Waals surface area contributed by atoms with Crippen molar-refractivity contribution in [3.63, 3.8) is 0 Å². The first kappa shape index (κ1) is 26.5. The van der Waals surface area contributed by atoms with Gasteiger partial charge in [0.15, 0.2) is 11.6 Å². The van der Waals surface area contributed by atoms with Crippen LogP contribution >= 0.6 is 39.1 Å². The van der Waals surface area contributed by atoms with Crippen LogP contribution in [0.15, 0.2) is 63.4 Å². The van der Waals surface area contributed by atoms with E-state index in [-0.39, 0.29) is 28.3 Å². The Balaban J connectivity index is 1.51. The molecule has 0 saturated heterocycles. The number of carbonyl (C=O) groups excluding carboxylic acids is 2. The number of nitrogens with one attached hydrogen (secondary N) is 1. The third-order valence-electron chi connectivity index (χ3n) is 7.39. The Kier molecular flexibility index (Phi) is 6.87. The van der Waals surface area contributed by atoms with Crippen molar-refractivity contribution in [2.75, 3.05) is 0 Å². The van der Waals surface area contributed by atoms with E-state index in [9.17, 15) is 9.59 Å². The molecule has 0 spiro atoms. The van der Waals surface area contributed by atoms with Gasteiger partial charge in [-0.1, -0.05) is 63.0 Å². The lowest BCUT2D eigenvalue weighted by atomic mass is 9.64. The molecule has 2 aromatic rings. The number of rotatable bonds is 4. The fraction of sp³-hybridized carbons (Fsp3) is 0.400. The van der Waals surface area contributed by atoms with E-state index in [0.717, 1.165) is 51.0 Å². The Morgan fingerprint density at radius 1 is 0.865 bits per heavy atom. The molecule has 2 aliphatic carbocycles. The van der Waals surface area contributed by atoms with Crippen LogP contribution in [0.2, 0.25) is 10.0 Å². The van der Waals surface area contributed by atoms with Crippen molar-refractivity contribution in [1.82, 2.24) is 5.32 Å². The molecule has 0 radical (unpaired) electrons. The largest absolute Gasteiger partial charge is 0.488 e. The van der Waals surface area contributed by atoms with Crippen LogP contribution in [0.25, 0.3) is 0 Å². The van der Waals surface area contributed by atoms with E-state index in [0.29, 0.717) is 35.2 Å². The van der Waals surface area contributed by atoms with E-state index >= 15 is 0 Å². The number of hydrogen-bond acceptors (Lipinski definition) is 4. The number of ether oxygens (including phenoxy) is 1. The molecule has 3 aliphatic rings. The zero-order chi connectivity index (χ0) is 26.7. The molecule has 0 amide bonds. The Hall–Kier alpha value is -2.08. The second-order valence-electron chi connectivity index (χ2n) is 12.0. The smallest absolute Gasteiger partial charge is 0.162 e. The fourth-order valence-corrected chi connectivity index (χ4v) is 6.66. The minimum atomic E-state index is -0.376. The summed E-state index contributed by atoms with van der Waals surface area (Å²) in [6.07, 6.45) is 2.50. The molecular formula is C30H30BrCl2NO3. The van der Waals surface area contributed by atoms with Gasteiger partial charge in [-0.3, -0.25) is 9.59 Å². The predicted octanol–water partition coefficient (Wildman–Crippen LogP) is 8.31. The SMILES string of the molecule is CC1(C)CC(=O)C2=C(C1)NC1=C(C(=O)CC(C)(C)C1)C2c1ccc(OCc2ccc(Cl)c(Cl)c2)c(Br)c1. The summed E-state index contributed by atoms with van der Waals surface area (Å²) >= 11 is 15.8. The van der Waals surface area contributed by atoms with Crippen molar-refractivity contribution < 1.29 is 14.3 Å². The van der Waals surface area contributed by atoms with E-state index in [4.69, 9.17) is 27.9 Å². The van der Waals surface area contributed by atoms with E-state index in [1.807, 2.05) is 24.3 Å². The second-order valence-corrected chi connectivity index (χ2v) is 13.6. The molecule has 0 unspecified atom stereocenters. The van der Waals surface area contributed by atoms with Crippen LogP contribution in [0.4, 0.5) is 0 Å². The summed E-state index contributed by atoms with van der Waals surface area (Å²) in [5.41, 5.74) is 4.98. The first-order valence-corrected chi connectivity index (χ1v) is 14.0. The third kappa shape index (κ3) is 5.28. The Bertz CT molecular complexity index is 1340. The van der Waals surface area contributed by atoms with Crippen LogP contribution in [0.3, 0.4) is 0 Å². The molecule has 1 heterocycles. The quantitative estimate of drug-likeness (QED) is 0.382. The highest BCUT2D eigenvalue weighted by molar-refractivity contribution is 9.10. The second kappa shape index (κ2) is 9.59. The topological polar surface area (TPSA) is 55.4 Å². The van der Waals surface area contributed by atoms with Crippen molar-refractivity contribution in [3.05, 3.63) is 84.6 Å². The van der Waals surface area contributed by atoms with Gasteiger partial charge in [0.25, 0.3) is 0 Å². The number of benzene rings is 2. The molecule has 0 aromatic heterocycles. The van der Waals surface area contributed by atoms with Gasteiger partial charge in [0, 0.05) is 41.3 Å². The highest BCUT2D eigenvalue weighted by Crippen LogP contribution is 2.51. The summed E-state index contributed by atoms with van der Waals surface area (Å²) in [6, 6.07) is 11.3. The molecule has 0 bridgehead atoms. The number of Topliss-reactive ketones (excluding diaryl/α,β-unsaturated/α-hetero) is 2. The molecule has 37 heavy (non-hydrogen) atoms. The molecule has 0 saturated carbocycles. The average molecular weight is 603 g/mol. The minimum Gasteiger partial charge on any atom is -0.488 e. The Labute approximate surface area is 236 Å². The lowest BCUT2D eigenvalue weighted by Crippen LogP contribution is -2.42. The van der Waals surface area contributed by atoms with Gasteiger partial charge in [-0.25, -0.2) is 0 Å². The number of ketones is 2. The summed E-state index contributed by atoms with van der Waals surface area (Å²) < 4.78 is 6.82. The van der Waals surface area contributed by atoms with Crippen LogP contribution in [0.5, 0.6) is 5.75 Å². The number of dihydropyridines is 1. The first-order chi connectivity index (χ1) is 17.3. The van der Waals surface area contributed by atoms with Gasteiger partial charge in [-0.05, 0) is 75.0 Å². The maximum Gasteiger partial charge on any atom is 0.162 e. The van der Waals surface area contributed by atoms with Gasteiger partial charge in [0.05, 0.1) is 14.5 Å². The third-order valence-corrected chi connectivity index (χ3v) is 8.75. The zero-order valence-electron chi connectivity index (χ0n) is 21.4. The molecule has 1 N–H and O–H groups in total. The normalized spacial score (nSPS) is 20.9. The fourth-order valence-electron chi connectivity index (χ4n) is 5.83. The van der Waals surface area contributed by atoms with Gasteiger partial charge in [-0.2, -0.15) is 0 Å². The minimum absolute atomic E-state index is 0.115. The Morgan fingerprint density at radius 2 is 1.46 bits per heavy atom. The summed E-state index contributed by atoms with van der Waals surface area (Å²) in [5, 5.41) is 4.55. The molecule has 7 heteroatoms. The van der Waals surface area contributed by atoms with Gasteiger partial charge in [-0.15, -0.1) is 0 Å². The van der Waals surface area contributed by atoms with E-state index < -0.39 is 0 Å². The number of allylic oxidation sites excluding steroid dienone is 4. The van der Waals surface area contributed by atoms with Crippen molar-refractivity contribution in [2.24, 2.45) is 10.8 Å². The van der Waals surface area contributed by atoms with Crippen LogP contribution in [0.1, 0.15) is 70.4 Å². The number of carbonyl (C=O) groups is 2. The maximum absolute atomic E-state index is 13.5. The van der Waals surface area contributed by atoms with Gasteiger partial charge >= 0.3 is 0 Å². The zero-order valence-corrected chi connectivity index (χ0v) is 24.5. The molecule has 0 atom stereocenters. The van der Waals surface area contributed by atoms with Crippen molar-refractivity contribution >= 4 is 50.7 Å². The van der Waals surface area contributed by atoms with E-state index in [1.54, 1.807) is 12.1 Å². The average Bonchev–Trinajstić information content (AvgIpc) is 2.77. The molecule has 4 nitrogen and oxygen atoms in total. The predicted molar refractivity (Wildman–Crippen MR) is 151 cm³/mol. The van der Waals surface area contributed by atoms with Gasteiger partial charge in [0.2, 0.25) is 0 Å². The molecule has 0 fully saturated rings. The molecule has 1 aliphatic heterocycles. The molecule has 5 rings (SSSR count). The number of hydrogen-bond donors (Lipinski definition) is 1. The highest BCUT2D eigenvalue weighted by atomic mass is 79.9. The van der Waals surface area contributed by atoms with E-state index in [2.05, 4.69) is 48.9 Å². The lowest BCUT2D eigenvalue weighted by molar-refractivity contribution is -0.119. The van der Waals surface area contributed by atoms with Crippen molar-refractivity contribution in [3.8, 4) is 5.75 Å². The lowest BCUT2D eigenvalue weighted by Gasteiger charge is -2.44. The maximum atomic E-state index is 13.5. The number of halogens is 3. The molecular weight excluding hydrogens is 573 g/mol. The van der Waals surface area contributed by atoms with Gasteiger partial charge in [0.1, 0.15) is 12.4 Å². The standard InChI is InChI=1S/C30H30BrCl2NO3/c1-29(2)11-21-27(23(35)13-29)26(28-22(34-21)12-30(3,4)14-24(28)36)17-6-8-25(18(31)10-17)37-15-16-5-7-19(32)20(33)9-16/h5-10,26,34H,11-15H2,1-4H3. The monoisotopic (exact) mass is 601 g/mol. The van der Waals surface area contributed by atoms with Gasteiger partial charge < -0.3 is 10.1 Å². The summed E-state index contributed by atoms with van der Waals surface area (Å²) in [7, 11) is 0. The summed E-state index contributed by atoms with van der Waals surface area (Å²) in [6.45, 7) is 8.83. The first-order valence-electron chi connectivity index (χ1n) is 12.5. The molecule has 2 aromatic carbocycles. The van der Waals surface area contributed by atoms with E-state index in [1.165, 1.54) is 0 Å². The van der Waals surface area contributed by atoms with Crippen LogP contribution < -0.4 is 10.1 Å².